The van der Waals surface area contributed by atoms with Gasteiger partial charge >= 0.3 is 0 Å². The van der Waals surface area contributed by atoms with Gasteiger partial charge in [-0.3, -0.25) is 0 Å². The van der Waals surface area contributed by atoms with Crippen LogP contribution in [0.15, 0.2) is 0 Å². The third kappa shape index (κ3) is 8.22. The Morgan fingerprint density at radius 2 is 2.00 bits per heavy atom. The van der Waals surface area contributed by atoms with E-state index in [4.69, 9.17) is 9.84 Å². The van der Waals surface area contributed by atoms with Gasteiger partial charge in [0.1, 0.15) is 0 Å². The number of hydrogen-bond donors (Lipinski definition) is 1. The van der Waals surface area contributed by atoms with Crippen LogP contribution in [0.1, 0.15) is 20.8 Å². The molecular weight excluding hydrogens is 166 g/mol. The molecular formula is C10H23NO2. The summed E-state index contributed by atoms with van der Waals surface area (Å²) in [7, 11) is 0. The summed E-state index contributed by atoms with van der Waals surface area (Å²) in [5, 5.41) is 8.50. The van der Waals surface area contributed by atoms with Crippen molar-refractivity contribution < 1.29 is 9.84 Å². The molecule has 0 aromatic rings. The van der Waals surface area contributed by atoms with Crippen LogP contribution in [-0.4, -0.2) is 49.5 Å². The lowest BCUT2D eigenvalue weighted by Crippen LogP contribution is -2.31. The van der Waals surface area contributed by atoms with Crippen LogP contribution in [0.25, 0.3) is 0 Å². The second-order valence-electron chi connectivity index (χ2n) is 3.62. The largest absolute Gasteiger partial charge is 0.394 e. The van der Waals surface area contributed by atoms with Crippen molar-refractivity contribution >= 4 is 0 Å². The summed E-state index contributed by atoms with van der Waals surface area (Å²) in [6.07, 6.45) is 0. The molecule has 0 bridgehead atoms. The summed E-state index contributed by atoms with van der Waals surface area (Å²) in [5.74, 6) is 0.706. The van der Waals surface area contributed by atoms with Crippen molar-refractivity contribution in [2.24, 2.45) is 5.92 Å². The molecule has 0 rings (SSSR count). The Kier molecular flexibility index (Phi) is 8.40. The summed E-state index contributed by atoms with van der Waals surface area (Å²) in [6.45, 7) is 11.1. The number of nitrogens with zero attached hydrogens (tertiary/aromatic N) is 1. The zero-order valence-corrected chi connectivity index (χ0v) is 9.12. The summed E-state index contributed by atoms with van der Waals surface area (Å²) in [6, 6.07) is 0. The molecule has 1 N–H and O–H groups in total. The predicted octanol–water partition coefficient (Wildman–Crippen LogP) is 0.973. The SMILES string of the molecule is CCN(CCOCCO)CC(C)C. The zero-order chi connectivity index (χ0) is 10.1. The minimum absolute atomic E-state index is 0.121. The quantitative estimate of drug-likeness (QED) is 0.578. The predicted molar refractivity (Wildman–Crippen MR) is 54.9 cm³/mol. The first-order valence-corrected chi connectivity index (χ1v) is 5.11. The van der Waals surface area contributed by atoms with Gasteiger partial charge in [-0.2, -0.15) is 0 Å². The Balaban J connectivity index is 3.36. The maximum absolute atomic E-state index is 8.50. The van der Waals surface area contributed by atoms with E-state index in [2.05, 4.69) is 25.7 Å². The molecule has 0 fully saturated rings. The molecule has 0 aromatic carbocycles. The molecule has 3 heteroatoms. The Bertz CT molecular complexity index is 107. The van der Waals surface area contributed by atoms with Gasteiger partial charge in [0.15, 0.2) is 0 Å². The van der Waals surface area contributed by atoms with E-state index >= 15 is 0 Å². The Hall–Kier alpha value is -0.120. The average Bonchev–Trinajstić information content (AvgIpc) is 2.09. The topological polar surface area (TPSA) is 32.7 Å². The van der Waals surface area contributed by atoms with Crippen LogP contribution in [-0.2, 0) is 4.74 Å². The van der Waals surface area contributed by atoms with E-state index in [9.17, 15) is 0 Å². The second kappa shape index (κ2) is 8.48. The molecule has 80 valence electrons. The third-order valence-corrected chi connectivity index (χ3v) is 1.86. The maximum Gasteiger partial charge on any atom is 0.0698 e. The van der Waals surface area contributed by atoms with Crippen molar-refractivity contribution in [3.05, 3.63) is 0 Å². The summed E-state index contributed by atoms with van der Waals surface area (Å²) < 4.78 is 5.21. The smallest absolute Gasteiger partial charge is 0.0698 e. The first-order valence-electron chi connectivity index (χ1n) is 5.11. The average molecular weight is 189 g/mol. The standard InChI is InChI=1S/C10H23NO2/c1-4-11(9-10(2)3)5-7-13-8-6-12/h10,12H,4-9H2,1-3H3. The molecule has 0 aliphatic heterocycles. The Morgan fingerprint density at radius 1 is 1.31 bits per heavy atom. The van der Waals surface area contributed by atoms with Gasteiger partial charge in [-0.1, -0.05) is 20.8 Å². The van der Waals surface area contributed by atoms with Gasteiger partial charge in [-0.05, 0) is 12.5 Å². The highest BCUT2D eigenvalue weighted by atomic mass is 16.5. The van der Waals surface area contributed by atoms with E-state index in [0.717, 1.165) is 26.2 Å². The van der Waals surface area contributed by atoms with E-state index in [-0.39, 0.29) is 6.61 Å². The first kappa shape index (κ1) is 12.9. The highest BCUT2D eigenvalue weighted by Crippen LogP contribution is 1.97. The fourth-order valence-corrected chi connectivity index (χ4v) is 1.26. The fraction of sp³-hybridized carbons (Fsp3) is 1.00. The highest BCUT2D eigenvalue weighted by Gasteiger charge is 2.03. The monoisotopic (exact) mass is 189 g/mol. The lowest BCUT2D eigenvalue weighted by atomic mass is 10.2. The molecule has 0 heterocycles. The number of aliphatic hydroxyl groups excluding tert-OH is 1. The molecule has 0 saturated carbocycles. The van der Waals surface area contributed by atoms with Crippen LogP contribution in [0.2, 0.25) is 0 Å². The van der Waals surface area contributed by atoms with Crippen molar-refractivity contribution in [1.29, 1.82) is 0 Å². The summed E-state index contributed by atoms with van der Waals surface area (Å²) >= 11 is 0. The molecule has 13 heavy (non-hydrogen) atoms. The second-order valence-corrected chi connectivity index (χ2v) is 3.62. The van der Waals surface area contributed by atoms with Crippen LogP contribution >= 0.6 is 0 Å². The van der Waals surface area contributed by atoms with Gasteiger partial charge in [0, 0.05) is 13.1 Å². The normalized spacial score (nSPS) is 11.5. The van der Waals surface area contributed by atoms with Crippen LogP contribution in [0, 0.1) is 5.92 Å². The Labute approximate surface area is 81.7 Å². The molecule has 3 nitrogen and oxygen atoms in total. The minimum Gasteiger partial charge on any atom is -0.394 e. The summed E-state index contributed by atoms with van der Waals surface area (Å²) in [4.78, 5) is 2.36. The maximum atomic E-state index is 8.50. The molecule has 0 aliphatic rings. The number of likely N-dealkylation sites (N-methyl/N-ethyl adjacent to an activating group) is 1. The summed E-state index contributed by atoms with van der Waals surface area (Å²) in [5.41, 5.74) is 0. The van der Waals surface area contributed by atoms with Gasteiger partial charge in [-0.25, -0.2) is 0 Å². The van der Waals surface area contributed by atoms with Crippen molar-refractivity contribution in [2.75, 3.05) is 39.5 Å². The van der Waals surface area contributed by atoms with Crippen LogP contribution in [0.5, 0.6) is 0 Å². The van der Waals surface area contributed by atoms with Crippen molar-refractivity contribution in [3.8, 4) is 0 Å². The number of rotatable bonds is 8. The van der Waals surface area contributed by atoms with E-state index in [0.29, 0.717) is 12.5 Å². The number of aliphatic hydroxyl groups is 1. The van der Waals surface area contributed by atoms with Crippen LogP contribution < -0.4 is 0 Å². The molecule has 0 saturated heterocycles. The Morgan fingerprint density at radius 3 is 2.46 bits per heavy atom. The van der Waals surface area contributed by atoms with E-state index in [1.807, 2.05) is 0 Å². The molecule has 0 aromatic heterocycles. The molecule has 0 spiro atoms. The fourth-order valence-electron chi connectivity index (χ4n) is 1.26. The van der Waals surface area contributed by atoms with Crippen molar-refractivity contribution in [3.63, 3.8) is 0 Å². The van der Waals surface area contributed by atoms with Gasteiger partial charge in [0.25, 0.3) is 0 Å². The van der Waals surface area contributed by atoms with E-state index < -0.39 is 0 Å². The van der Waals surface area contributed by atoms with E-state index in [1.54, 1.807) is 0 Å². The molecule has 0 radical (unpaired) electrons. The lowest BCUT2D eigenvalue weighted by Gasteiger charge is -2.22. The van der Waals surface area contributed by atoms with E-state index in [1.165, 1.54) is 0 Å². The third-order valence-electron chi connectivity index (χ3n) is 1.86. The lowest BCUT2D eigenvalue weighted by molar-refractivity contribution is 0.0724. The number of hydrogen-bond acceptors (Lipinski definition) is 3. The molecule has 0 atom stereocenters. The minimum atomic E-state index is 0.121. The highest BCUT2D eigenvalue weighted by molar-refractivity contribution is 4.57. The molecule has 0 unspecified atom stereocenters. The van der Waals surface area contributed by atoms with Gasteiger partial charge < -0.3 is 14.7 Å². The molecule has 0 amide bonds. The first-order chi connectivity index (χ1) is 6.20. The van der Waals surface area contributed by atoms with Crippen molar-refractivity contribution in [2.45, 2.75) is 20.8 Å². The zero-order valence-electron chi connectivity index (χ0n) is 9.12. The van der Waals surface area contributed by atoms with Crippen molar-refractivity contribution in [1.82, 2.24) is 4.90 Å². The number of ether oxygens (including phenoxy) is 1. The van der Waals surface area contributed by atoms with Gasteiger partial charge in [-0.15, -0.1) is 0 Å². The molecule has 0 aliphatic carbocycles. The van der Waals surface area contributed by atoms with Gasteiger partial charge in [0.05, 0.1) is 19.8 Å². The van der Waals surface area contributed by atoms with Crippen LogP contribution in [0.3, 0.4) is 0 Å². The van der Waals surface area contributed by atoms with Crippen LogP contribution in [0.4, 0.5) is 0 Å². The van der Waals surface area contributed by atoms with Gasteiger partial charge in [0.2, 0.25) is 0 Å².